The van der Waals surface area contributed by atoms with Crippen molar-refractivity contribution in [1.82, 2.24) is 4.98 Å². The number of nitrogens with zero attached hydrogens (tertiary/aromatic N) is 1. The van der Waals surface area contributed by atoms with Crippen LogP contribution in [0.3, 0.4) is 0 Å². The van der Waals surface area contributed by atoms with Gasteiger partial charge in [0.2, 0.25) is 0 Å². The van der Waals surface area contributed by atoms with Gasteiger partial charge in [-0.2, -0.15) is 0 Å². The van der Waals surface area contributed by atoms with Crippen molar-refractivity contribution in [3.63, 3.8) is 0 Å². The van der Waals surface area contributed by atoms with Gasteiger partial charge in [0.05, 0.1) is 0 Å². The van der Waals surface area contributed by atoms with Crippen LogP contribution in [0.5, 0.6) is 0 Å². The van der Waals surface area contributed by atoms with Crippen molar-refractivity contribution >= 4 is 0 Å². The predicted octanol–water partition coefficient (Wildman–Crippen LogP) is 3.35. The van der Waals surface area contributed by atoms with Gasteiger partial charge in [0.1, 0.15) is 0 Å². The fraction of sp³-hybridized carbons (Fsp3) is 0.188. The first-order valence-electron chi connectivity index (χ1n) is 5.82. The maximum atomic E-state index is 4.44. The van der Waals surface area contributed by atoms with Crippen LogP contribution in [-0.2, 0) is 6.42 Å². The van der Waals surface area contributed by atoms with E-state index in [-0.39, 0.29) is 0 Å². The first-order chi connectivity index (χ1) is 8.28. The number of rotatable bonds is 1. The molecular formula is C16H15N. The zero-order valence-electron chi connectivity index (χ0n) is 10.2. The van der Waals surface area contributed by atoms with Crippen LogP contribution in [-0.4, -0.2) is 4.98 Å². The number of pyridine rings is 1. The van der Waals surface area contributed by atoms with Gasteiger partial charge in [0, 0.05) is 22.5 Å². The first kappa shape index (κ1) is 11.4. The minimum Gasteiger partial charge on any atom is -0.258 e. The number of hydrogen-bond donors (Lipinski definition) is 0. The van der Waals surface area contributed by atoms with Gasteiger partial charge in [-0.25, -0.2) is 0 Å². The summed E-state index contributed by atoms with van der Waals surface area (Å²) in [6, 6.07) is 14.1. The van der Waals surface area contributed by atoms with Gasteiger partial charge in [-0.15, -0.1) is 0 Å². The van der Waals surface area contributed by atoms with Crippen LogP contribution in [0.4, 0.5) is 0 Å². The molecule has 0 aliphatic rings. The summed E-state index contributed by atoms with van der Waals surface area (Å²) in [6.07, 6.45) is 0.946. The van der Waals surface area contributed by atoms with Gasteiger partial charge < -0.3 is 0 Å². The van der Waals surface area contributed by atoms with Crippen molar-refractivity contribution < 1.29 is 0 Å². The molecule has 0 N–H and O–H groups in total. The average molecular weight is 221 g/mol. The molecule has 1 heteroatoms. The predicted molar refractivity (Wildman–Crippen MR) is 70.8 cm³/mol. The molecule has 0 radical (unpaired) electrons. The lowest BCUT2D eigenvalue weighted by Crippen LogP contribution is -1.91. The molecule has 2 rings (SSSR count). The largest absolute Gasteiger partial charge is 0.258 e. The highest BCUT2D eigenvalue weighted by Gasteiger charge is 1.95. The van der Waals surface area contributed by atoms with E-state index in [1.54, 1.807) is 0 Å². The summed E-state index contributed by atoms with van der Waals surface area (Å²) in [5.74, 6) is 6.35. The fourth-order valence-corrected chi connectivity index (χ4v) is 1.66. The summed E-state index contributed by atoms with van der Waals surface area (Å²) in [5, 5.41) is 0. The topological polar surface area (TPSA) is 12.9 Å². The Bertz CT molecular complexity index is 559. The molecule has 1 heterocycles. The van der Waals surface area contributed by atoms with E-state index in [2.05, 4.69) is 29.8 Å². The van der Waals surface area contributed by atoms with E-state index in [1.807, 2.05) is 43.3 Å². The Hall–Kier alpha value is -2.07. The van der Waals surface area contributed by atoms with Gasteiger partial charge in [-0.05, 0) is 37.6 Å². The Morgan fingerprint density at radius 3 is 2.41 bits per heavy atom. The third-order valence-electron chi connectivity index (χ3n) is 2.49. The molecule has 0 spiro atoms. The van der Waals surface area contributed by atoms with Crippen molar-refractivity contribution in [2.75, 3.05) is 0 Å². The van der Waals surface area contributed by atoms with Crippen LogP contribution in [0.25, 0.3) is 0 Å². The monoisotopic (exact) mass is 221 g/mol. The molecule has 1 aromatic carbocycles. The Morgan fingerprint density at radius 2 is 1.71 bits per heavy atom. The fourth-order valence-electron chi connectivity index (χ4n) is 1.66. The Balaban J connectivity index is 2.31. The molecule has 0 bridgehead atoms. The summed E-state index contributed by atoms with van der Waals surface area (Å²) in [5.41, 5.74) is 4.21. The van der Waals surface area contributed by atoms with E-state index in [4.69, 9.17) is 0 Å². The van der Waals surface area contributed by atoms with Crippen LogP contribution < -0.4 is 0 Å². The van der Waals surface area contributed by atoms with Crippen molar-refractivity contribution in [3.8, 4) is 11.8 Å². The normalized spacial score (nSPS) is 9.53. The van der Waals surface area contributed by atoms with E-state index in [0.717, 1.165) is 28.9 Å². The van der Waals surface area contributed by atoms with Gasteiger partial charge in [0.25, 0.3) is 0 Å². The molecule has 0 saturated carbocycles. The van der Waals surface area contributed by atoms with Crippen molar-refractivity contribution in [3.05, 3.63) is 65.0 Å². The standard InChI is InChI=1S/C16H15N/c1-3-16-12-15(11-13(2)17-16)10-9-14-7-5-4-6-8-14/h4-8,11-12H,3H2,1-2H3. The molecule has 0 amide bonds. The van der Waals surface area contributed by atoms with E-state index >= 15 is 0 Å². The molecule has 1 aromatic heterocycles. The smallest absolute Gasteiger partial charge is 0.0416 e. The van der Waals surface area contributed by atoms with E-state index in [9.17, 15) is 0 Å². The highest BCUT2D eigenvalue weighted by molar-refractivity contribution is 5.43. The zero-order valence-corrected chi connectivity index (χ0v) is 10.2. The molecule has 0 fully saturated rings. The quantitative estimate of drug-likeness (QED) is 0.673. The number of aryl methyl sites for hydroxylation is 2. The van der Waals surface area contributed by atoms with Gasteiger partial charge in [-0.3, -0.25) is 4.98 Å². The maximum absolute atomic E-state index is 4.44. The summed E-state index contributed by atoms with van der Waals surface area (Å²) < 4.78 is 0. The van der Waals surface area contributed by atoms with Crippen LogP contribution in [0.15, 0.2) is 42.5 Å². The van der Waals surface area contributed by atoms with Crippen LogP contribution in [0.1, 0.15) is 29.4 Å². The lowest BCUT2D eigenvalue weighted by Gasteiger charge is -1.99. The van der Waals surface area contributed by atoms with Crippen LogP contribution >= 0.6 is 0 Å². The van der Waals surface area contributed by atoms with E-state index in [0.29, 0.717) is 0 Å². The molecule has 0 aliphatic carbocycles. The minimum atomic E-state index is 0.946. The van der Waals surface area contributed by atoms with E-state index in [1.165, 1.54) is 0 Å². The SMILES string of the molecule is CCc1cc(C#Cc2ccccc2)cc(C)n1. The second-order valence-electron chi connectivity index (χ2n) is 3.96. The first-order valence-corrected chi connectivity index (χ1v) is 5.82. The molecule has 0 atom stereocenters. The molecular weight excluding hydrogens is 206 g/mol. The summed E-state index contributed by atoms with van der Waals surface area (Å²) in [4.78, 5) is 4.44. The zero-order chi connectivity index (χ0) is 12.1. The molecule has 0 saturated heterocycles. The number of hydrogen-bond acceptors (Lipinski definition) is 1. The van der Waals surface area contributed by atoms with Crippen molar-refractivity contribution in [2.45, 2.75) is 20.3 Å². The molecule has 1 nitrogen and oxygen atoms in total. The molecule has 0 unspecified atom stereocenters. The average Bonchev–Trinajstić information content (AvgIpc) is 2.37. The van der Waals surface area contributed by atoms with Gasteiger partial charge in [-0.1, -0.05) is 37.0 Å². The lowest BCUT2D eigenvalue weighted by molar-refractivity contribution is 1.00. The van der Waals surface area contributed by atoms with Gasteiger partial charge >= 0.3 is 0 Å². The number of benzene rings is 1. The third kappa shape index (κ3) is 3.19. The molecule has 2 aromatic rings. The lowest BCUT2D eigenvalue weighted by atomic mass is 10.1. The third-order valence-corrected chi connectivity index (χ3v) is 2.49. The van der Waals surface area contributed by atoms with Crippen molar-refractivity contribution in [1.29, 1.82) is 0 Å². The Labute approximate surface area is 103 Å². The highest BCUT2D eigenvalue weighted by Crippen LogP contribution is 2.05. The molecule has 84 valence electrons. The summed E-state index contributed by atoms with van der Waals surface area (Å²) in [7, 11) is 0. The number of aromatic nitrogens is 1. The van der Waals surface area contributed by atoms with Crippen LogP contribution in [0, 0.1) is 18.8 Å². The van der Waals surface area contributed by atoms with Gasteiger partial charge in [0.15, 0.2) is 0 Å². The summed E-state index contributed by atoms with van der Waals surface area (Å²) >= 11 is 0. The Kier molecular flexibility index (Phi) is 3.57. The molecule has 0 aliphatic heterocycles. The highest BCUT2D eigenvalue weighted by atomic mass is 14.7. The minimum absolute atomic E-state index is 0.946. The van der Waals surface area contributed by atoms with Crippen molar-refractivity contribution in [2.24, 2.45) is 0 Å². The van der Waals surface area contributed by atoms with E-state index < -0.39 is 0 Å². The maximum Gasteiger partial charge on any atom is 0.0416 e. The Morgan fingerprint density at radius 1 is 1.00 bits per heavy atom. The van der Waals surface area contributed by atoms with Crippen LogP contribution in [0.2, 0.25) is 0 Å². The summed E-state index contributed by atoms with van der Waals surface area (Å²) in [6.45, 7) is 4.11. The second-order valence-corrected chi connectivity index (χ2v) is 3.96. The molecule has 17 heavy (non-hydrogen) atoms. The second kappa shape index (κ2) is 5.32.